The Bertz CT molecular complexity index is 783. The summed E-state index contributed by atoms with van der Waals surface area (Å²) in [6.45, 7) is 6.38. The van der Waals surface area contributed by atoms with E-state index >= 15 is 0 Å². The largest absolute Gasteiger partial charge is 0.383 e. The lowest BCUT2D eigenvalue weighted by molar-refractivity contribution is 0.0847. The molecule has 2 heterocycles. The second-order valence-electron chi connectivity index (χ2n) is 9.07. The van der Waals surface area contributed by atoms with Crippen LogP contribution in [0.3, 0.4) is 0 Å². The zero-order valence-corrected chi connectivity index (χ0v) is 19.5. The molecule has 1 aliphatic carbocycles. The molecular weight excluding hydrogens is 392 g/mol. The molecule has 30 heavy (non-hydrogen) atoms. The highest BCUT2D eigenvalue weighted by atomic mass is 32.1. The molecule has 1 aromatic heterocycles. The van der Waals surface area contributed by atoms with Crippen LogP contribution < -0.4 is 4.90 Å². The summed E-state index contributed by atoms with van der Waals surface area (Å²) in [6.07, 6.45) is 7.16. The Morgan fingerprint density at radius 2 is 1.97 bits per heavy atom. The Morgan fingerprint density at radius 3 is 2.63 bits per heavy atom. The van der Waals surface area contributed by atoms with Crippen molar-refractivity contribution in [3.63, 3.8) is 0 Å². The van der Waals surface area contributed by atoms with E-state index < -0.39 is 0 Å². The fraction of sp³-hybridized carbons (Fsp3) is 0.625. The summed E-state index contributed by atoms with van der Waals surface area (Å²) in [4.78, 5) is 13.3. The molecule has 164 valence electrons. The second kappa shape index (κ2) is 10.2. The number of likely N-dealkylation sites (tertiary alicyclic amines) is 1. The molecule has 5 nitrogen and oxygen atoms in total. The number of thiazole rings is 1. The zero-order valence-electron chi connectivity index (χ0n) is 18.7. The molecule has 2 aromatic rings. The molecule has 0 saturated carbocycles. The predicted molar refractivity (Wildman–Crippen MR) is 126 cm³/mol. The van der Waals surface area contributed by atoms with Crippen molar-refractivity contribution in [1.82, 2.24) is 14.8 Å². The number of piperidine rings is 1. The van der Waals surface area contributed by atoms with E-state index in [0.29, 0.717) is 6.04 Å². The van der Waals surface area contributed by atoms with Gasteiger partial charge in [-0.15, -0.1) is 11.3 Å². The van der Waals surface area contributed by atoms with Gasteiger partial charge in [0.15, 0.2) is 5.13 Å². The van der Waals surface area contributed by atoms with Gasteiger partial charge in [0, 0.05) is 64.5 Å². The molecule has 1 atom stereocenters. The van der Waals surface area contributed by atoms with Crippen LogP contribution in [-0.4, -0.2) is 74.8 Å². The summed E-state index contributed by atoms with van der Waals surface area (Å²) in [5.74, 6) is 0.737. The van der Waals surface area contributed by atoms with Crippen LogP contribution in [0.1, 0.15) is 28.8 Å². The number of rotatable bonds is 9. The molecule has 1 fully saturated rings. The Balaban J connectivity index is 1.35. The van der Waals surface area contributed by atoms with Gasteiger partial charge in [0.2, 0.25) is 0 Å². The van der Waals surface area contributed by atoms with Crippen molar-refractivity contribution in [2.45, 2.75) is 38.3 Å². The molecule has 0 bridgehead atoms. The van der Waals surface area contributed by atoms with Crippen molar-refractivity contribution >= 4 is 16.5 Å². The van der Waals surface area contributed by atoms with Crippen LogP contribution in [0.4, 0.5) is 5.13 Å². The molecule has 1 saturated heterocycles. The first-order valence-electron chi connectivity index (χ1n) is 11.3. The lowest BCUT2D eigenvalue weighted by Crippen LogP contribution is -2.46. The molecule has 0 radical (unpaired) electrons. The average Bonchev–Trinajstić information content (AvgIpc) is 3.39. The number of nitrogens with zero attached hydrogens (tertiary/aromatic N) is 4. The number of aromatic nitrogens is 1. The third-order valence-corrected chi connectivity index (χ3v) is 7.68. The minimum Gasteiger partial charge on any atom is -0.383 e. The number of benzene rings is 1. The van der Waals surface area contributed by atoms with Crippen LogP contribution in [0.5, 0.6) is 0 Å². The highest BCUT2D eigenvalue weighted by Crippen LogP contribution is 2.29. The highest BCUT2D eigenvalue weighted by molar-refractivity contribution is 7.15. The summed E-state index contributed by atoms with van der Waals surface area (Å²) in [7, 11) is 5.92. The number of fused-ring (bicyclic) bond motifs is 1. The van der Waals surface area contributed by atoms with Gasteiger partial charge in [0.25, 0.3) is 0 Å². The Hall–Kier alpha value is -1.47. The van der Waals surface area contributed by atoms with Gasteiger partial charge in [-0.05, 0) is 49.3 Å². The van der Waals surface area contributed by atoms with E-state index in [0.717, 1.165) is 37.3 Å². The van der Waals surface area contributed by atoms with Crippen LogP contribution in [0, 0.1) is 5.92 Å². The molecule has 2 aliphatic rings. The number of hydrogen-bond acceptors (Lipinski definition) is 6. The van der Waals surface area contributed by atoms with Crippen LogP contribution in [0.15, 0.2) is 30.5 Å². The molecule has 1 aromatic carbocycles. The summed E-state index contributed by atoms with van der Waals surface area (Å²) in [5, 5.41) is 1.08. The van der Waals surface area contributed by atoms with E-state index in [1.165, 1.54) is 43.6 Å². The quantitative estimate of drug-likeness (QED) is 0.610. The third kappa shape index (κ3) is 5.41. The first kappa shape index (κ1) is 21.8. The maximum atomic E-state index is 5.41. The van der Waals surface area contributed by atoms with E-state index in [9.17, 15) is 0 Å². The fourth-order valence-corrected chi connectivity index (χ4v) is 5.86. The predicted octanol–water partition coefficient (Wildman–Crippen LogP) is 3.54. The lowest BCUT2D eigenvalue weighted by atomic mass is 9.95. The minimum absolute atomic E-state index is 0.696. The first-order valence-corrected chi connectivity index (χ1v) is 12.1. The summed E-state index contributed by atoms with van der Waals surface area (Å²) in [6, 6.07) is 9.71. The molecular formula is C24H36N4OS. The third-order valence-electron chi connectivity index (χ3n) is 6.53. The summed E-state index contributed by atoms with van der Waals surface area (Å²) >= 11 is 1.80. The highest BCUT2D eigenvalue weighted by Gasteiger charge is 2.31. The molecule has 0 N–H and O–H groups in total. The van der Waals surface area contributed by atoms with Gasteiger partial charge in [-0.2, -0.15) is 0 Å². The van der Waals surface area contributed by atoms with Crippen molar-refractivity contribution in [3.05, 3.63) is 46.5 Å². The SMILES string of the molecule is COCCN(Cc1cnc(N(C)C)s1)C[C@H]1CCCN(C2Cc3ccccc3C2)C1. The number of methoxy groups -OCH3 is 1. The standard InChI is InChI=1S/C24H36N4OS/c1-26(2)24-25-15-23(30-24)18-27(11-12-29-3)16-19-7-6-10-28(17-19)22-13-20-8-4-5-9-21(20)14-22/h4-5,8-9,15,19,22H,6-7,10-14,16-18H2,1-3H3/t19-/m1/s1. The summed E-state index contributed by atoms with van der Waals surface area (Å²) < 4.78 is 5.41. The molecule has 0 unspecified atom stereocenters. The maximum Gasteiger partial charge on any atom is 0.185 e. The van der Waals surface area contributed by atoms with Gasteiger partial charge >= 0.3 is 0 Å². The summed E-state index contributed by atoms with van der Waals surface area (Å²) in [5.41, 5.74) is 3.13. The van der Waals surface area contributed by atoms with Crippen LogP contribution in [-0.2, 0) is 24.1 Å². The van der Waals surface area contributed by atoms with Crippen molar-refractivity contribution in [2.24, 2.45) is 5.92 Å². The molecule has 1 aliphatic heterocycles. The Morgan fingerprint density at radius 1 is 1.20 bits per heavy atom. The normalized spacial score (nSPS) is 20.1. The van der Waals surface area contributed by atoms with Gasteiger partial charge in [-0.3, -0.25) is 9.80 Å². The fourth-order valence-electron chi connectivity index (χ4n) is 4.99. The van der Waals surface area contributed by atoms with Crippen molar-refractivity contribution in [1.29, 1.82) is 0 Å². The average molecular weight is 429 g/mol. The molecule has 0 amide bonds. The van der Waals surface area contributed by atoms with Gasteiger partial charge in [-0.1, -0.05) is 24.3 Å². The maximum absolute atomic E-state index is 5.41. The monoisotopic (exact) mass is 428 g/mol. The van der Waals surface area contributed by atoms with E-state index in [1.807, 2.05) is 6.20 Å². The van der Waals surface area contributed by atoms with Crippen LogP contribution in [0.25, 0.3) is 0 Å². The Labute approximate surface area is 185 Å². The zero-order chi connectivity index (χ0) is 20.9. The minimum atomic E-state index is 0.696. The first-order chi connectivity index (χ1) is 14.6. The van der Waals surface area contributed by atoms with E-state index in [-0.39, 0.29) is 0 Å². The van der Waals surface area contributed by atoms with E-state index in [4.69, 9.17) is 4.74 Å². The van der Waals surface area contributed by atoms with Crippen molar-refractivity contribution in [2.75, 3.05) is 58.9 Å². The Kier molecular flexibility index (Phi) is 7.41. The smallest absolute Gasteiger partial charge is 0.185 e. The molecule has 6 heteroatoms. The second-order valence-corrected chi connectivity index (χ2v) is 10.2. The lowest BCUT2D eigenvalue weighted by Gasteiger charge is -2.38. The van der Waals surface area contributed by atoms with Crippen molar-refractivity contribution in [3.8, 4) is 0 Å². The number of anilines is 1. The number of ether oxygens (including phenoxy) is 1. The van der Waals surface area contributed by atoms with Gasteiger partial charge in [0.05, 0.1) is 6.61 Å². The number of hydrogen-bond donors (Lipinski definition) is 0. The molecule has 0 spiro atoms. The van der Waals surface area contributed by atoms with Crippen LogP contribution in [0.2, 0.25) is 0 Å². The van der Waals surface area contributed by atoms with Crippen LogP contribution >= 0.6 is 11.3 Å². The molecule has 4 rings (SSSR count). The van der Waals surface area contributed by atoms with E-state index in [1.54, 1.807) is 29.6 Å². The van der Waals surface area contributed by atoms with Gasteiger partial charge in [0.1, 0.15) is 0 Å². The van der Waals surface area contributed by atoms with Gasteiger partial charge < -0.3 is 9.64 Å². The van der Waals surface area contributed by atoms with E-state index in [2.05, 4.69) is 58.0 Å². The topological polar surface area (TPSA) is 31.8 Å². The van der Waals surface area contributed by atoms with Gasteiger partial charge in [-0.25, -0.2) is 4.98 Å². The van der Waals surface area contributed by atoms with Crippen molar-refractivity contribution < 1.29 is 4.74 Å².